The summed E-state index contributed by atoms with van der Waals surface area (Å²) >= 11 is 7.61. The van der Waals surface area contributed by atoms with Gasteiger partial charge in [0.15, 0.2) is 0 Å². The Hall–Kier alpha value is -1.45. The quantitative estimate of drug-likeness (QED) is 0.865. The molecular weight excluding hydrogens is 302 g/mol. The van der Waals surface area contributed by atoms with E-state index in [0.717, 1.165) is 22.8 Å². The second-order valence-electron chi connectivity index (χ2n) is 4.76. The standard InChI is InChI=1S/C17H18ClNOS/c1-21-12-14-2-6-15(7-3-14)17(20)19-11-10-13-4-8-16(18)9-5-13/h2-9H,10-12H2,1H3,(H,19,20). The first-order valence-electron chi connectivity index (χ1n) is 6.79. The van der Waals surface area contributed by atoms with Gasteiger partial charge in [-0.3, -0.25) is 4.79 Å². The number of nitrogens with one attached hydrogen (secondary N) is 1. The Morgan fingerprint density at radius 3 is 2.29 bits per heavy atom. The highest BCUT2D eigenvalue weighted by molar-refractivity contribution is 7.97. The molecule has 0 bridgehead atoms. The molecule has 0 unspecified atom stereocenters. The van der Waals surface area contributed by atoms with Crippen LogP contribution in [0.5, 0.6) is 0 Å². The van der Waals surface area contributed by atoms with Gasteiger partial charge in [0.05, 0.1) is 0 Å². The van der Waals surface area contributed by atoms with E-state index in [4.69, 9.17) is 11.6 Å². The van der Waals surface area contributed by atoms with E-state index in [9.17, 15) is 4.79 Å². The summed E-state index contributed by atoms with van der Waals surface area (Å²) in [6, 6.07) is 15.4. The monoisotopic (exact) mass is 319 g/mol. The maximum atomic E-state index is 12.0. The second-order valence-corrected chi connectivity index (χ2v) is 6.06. The molecule has 0 aliphatic carbocycles. The average molecular weight is 320 g/mol. The van der Waals surface area contributed by atoms with Gasteiger partial charge >= 0.3 is 0 Å². The molecule has 0 saturated heterocycles. The molecule has 0 aromatic heterocycles. The number of carbonyl (C=O) groups is 1. The van der Waals surface area contributed by atoms with E-state index >= 15 is 0 Å². The third kappa shape index (κ3) is 5.10. The fraction of sp³-hybridized carbons (Fsp3) is 0.235. The van der Waals surface area contributed by atoms with Gasteiger partial charge < -0.3 is 5.32 Å². The molecule has 0 radical (unpaired) electrons. The lowest BCUT2D eigenvalue weighted by atomic mass is 10.1. The summed E-state index contributed by atoms with van der Waals surface area (Å²) in [5.74, 6) is 0.943. The van der Waals surface area contributed by atoms with E-state index < -0.39 is 0 Å². The lowest BCUT2D eigenvalue weighted by Gasteiger charge is -2.06. The van der Waals surface area contributed by atoms with Crippen molar-refractivity contribution < 1.29 is 4.79 Å². The molecule has 0 spiro atoms. The number of hydrogen-bond donors (Lipinski definition) is 1. The Bertz CT molecular complexity index is 581. The highest BCUT2D eigenvalue weighted by Gasteiger charge is 2.04. The van der Waals surface area contributed by atoms with Crippen molar-refractivity contribution in [3.63, 3.8) is 0 Å². The number of benzene rings is 2. The first-order chi connectivity index (χ1) is 10.2. The topological polar surface area (TPSA) is 29.1 Å². The Labute approximate surface area is 134 Å². The van der Waals surface area contributed by atoms with Gasteiger partial charge in [0.25, 0.3) is 5.91 Å². The number of rotatable bonds is 6. The van der Waals surface area contributed by atoms with Crippen molar-refractivity contribution in [1.82, 2.24) is 5.32 Å². The fourth-order valence-electron chi connectivity index (χ4n) is 1.99. The van der Waals surface area contributed by atoms with Crippen LogP contribution in [-0.4, -0.2) is 18.7 Å². The van der Waals surface area contributed by atoms with Gasteiger partial charge in [-0.15, -0.1) is 0 Å². The van der Waals surface area contributed by atoms with Crippen LogP contribution in [0.15, 0.2) is 48.5 Å². The molecule has 0 aliphatic rings. The molecule has 0 aliphatic heterocycles. The van der Waals surface area contributed by atoms with Gasteiger partial charge in [0.1, 0.15) is 0 Å². The van der Waals surface area contributed by atoms with Crippen LogP contribution in [0.2, 0.25) is 5.02 Å². The summed E-state index contributed by atoms with van der Waals surface area (Å²) < 4.78 is 0. The summed E-state index contributed by atoms with van der Waals surface area (Å²) in [5, 5.41) is 3.67. The third-order valence-corrected chi connectivity index (χ3v) is 4.01. The molecule has 1 amide bonds. The molecule has 4 heteroatoms. The van der Waals surface area contributed by atoms with E-state index in [2.05, 4.69) is 11.6 Å². The molecule has 0 fully saturated rings. The molecule has 2 aromatic carbocycles. The van der Waals surface area contributed by atoms with Crippen LogP contribution in [0.4, 0.5) is 0 Å². The van der Waals surface area contributed by atoms with Gasteiger partial charge in [-0.05, 0) is 48.1 Å². The van der Waals surface area contributed by atoms with Gasteiger partial charge in [-0.25, -0.2) is 0 Å². The molecule has 2 nitrogen and oxygen atoms in total. The third-order valence-electron chi connectivity index (χ3n) is 3.14. The molecule has 0 heterocycles. The van der Waals surface area contributed by atoms with E-state index in [1.54, 1.807) is 11.8 Å². The van der Waals surface area contributed by atoms with E-state index in [-0.39, 0.29) is 5.91 Å². The van der Waals surface area contributed by atoms with Gasteiger partial charge in [0, 0.05) is 22.9 Å². The van der Waals surface area contributed by atoms with Crippen LogP contribution >= 0.6 is 23.4 Å². The van der Waals surface area contributed by atoms with Gasteiger partial charge in [-0.1, -0.05) is 35.9 Å². The van der Waals surface area contributed by atoms with Crippen LogP contribution in [0.25, 0.3) is 0 Å². The highest BCUT2D eigenvalue weighted by atomic mass is 35.5. The van der Waals surface area contributed by atoms with Crippen LogP contribution in [0, 0.1) is 0 Å². The minimum absolute atomic E-state index is 0.0281. The van der Waals surface area contributed by atoms with Crippen LogP contribution in [-0.2, 0) is 12.2 Å². The maximum absolute atomic E-state index is 12.0. The average Bonchev–Trinajstić information content (AvgIpc) is 2.50. The molecule has 110 valence electrons. The van der Waals surface area contributed by atoms with Crippen molar-refractivity contribution in [3.8, 4) is 0 Å². The Morgan fingerprint density at radius 1 is 1.05 bits per heavy atom. The minimum Gasteiger partial charge on any atom is -0.352 e. The smallest absolute Gasteiger partial charge is 0.251 e. The zero-order chi connectivity index (χ0) is 15.1. The van der Waals surface area contributed by atoms with Crippen molar-refractivity contribution in [3.05, 3.63) is 70.2 Å². The van der Waals surface area contributed by atoms with Gasteiger partial charge in [-0.2, -0.15) is 11.8 Å². The number of carbonyl (C=O) groups excluding carboxylic acids is 1. The van der Waals surface area contributed by atoms with Crippen LogP contribution in [0.1, 0.15) is 21.5 Å². The summed E-state index contributed by atoms with van der Waals surface area (Å²) in [4.78, 5) is 12.0. The zero-order valence-corrected chi connectivity index (χ0v) is 13.5. The lowest BCUT2D eigenvalue weighted by Crippen LogP contribution is -2.25. The first-order valence-corrected chi connectivity index (χ1v) is 8.57. The highest BCUT2D eigenvalue weighted by Crippen LogP contribution is 2.11. The SMILES string of the molecule is CSCc1ccc(C(=O)NCCc2ccc(Cl)cc2)cc1. The molecule has 2 aromatic rings. The van der Waals surface area contributed by atoms with Crippen molar-refractivity contribution in [2.24, 2.45) is 0 Å². The largest absolute Gasteiger partial charge is 0.352 e. The second kappa shape index (κ2) is 8.11. The fourth-order valence-corrected chi connectivity index (χ4v) is 2.64. The lowest BCUT2D eigenvalue weighted by molar-refractivity contribution is 0.0954. The van der Waals surface area contributed by atoms with Crippen LogP contribution in [0.3, 0.4) is 0 Å². The molecule has 0 atom stereocenters. The predicted octanol–water partition coefficient (Wildman–Crippen LogP) is 4.18. The van der Waals surface area contributed by atoms with Gasteiger partial charge in [0.2, 0.25) is 0 Å². The molecule has 1 N–H and O–H groups in total. The summed E-state index contributed by atoms with van der Waals surface area (Å²) in [6.07, 6.45) is 2.87. The van der Waals surface area contributed by atoms with Crippen molar-refractivity contribution >= 4 is 29.3 Å². The number of hydrogen-bond acceptors (Lipinski definition) is 2. The Morgan fingerprint density at radius 2 is 1.67 bits per heavy atom. The number of thioether (sulfide) groups is 1. The van der Waals surface area contributed by atoms with E-state index in [1.165, 1.54) is 5.56 Å². The first kappa shape index (κ1) is 15.9. The zero-order valence-electron chi connectivity index (χ0n) is 11.9. The summed E-state index contributed by atoms with van der Waals surface area (Å²) in [5.41, 5.74) is 3.10. The molecule has 2 rings (SSSR count). The molecular formula is C17H18ClNOS. The Balaban J connectivity index is 1.82. The number of halogens is 1. The van der Waals surface area contributed by atoms with Crippen molar-refractivity contribution in [1.29, 1.82) is 0 Å². The summed E-state index contributed by atoms with van der Waals surface area (Å²) in [7, 11) is 0. The minimum atomic E-state index is -0.0281. The predicted molar refractivity (Wildman–Crippen MR) is 91.2 cm³/mol. The number of amides is 1. The molecule has 0 saturated carbocycles. The van der Waals surface area contributed by atoms with E-state index in [0.29, 0.717) is 12.1 Å². The summed E-state index contributed by atoms with van der Waals surface area (Å²) in [6.45, 7) is 0.618. The van der Waals surface area contributed by atoms with Crippen LogP contribution < -0.4 is 5.32 Å². The van der Waals surface area contributed by atoms with Crippen molar-refractivity contribution in [2.45, 2.75) is 12.2 Å². The van der Waals surface area contributed by atoms with Crippen molar-refractivity contribution in [2.75, 3.05) is 12.8 Å². The Kier molecular flexibility index (Phi) is 6.15. The normalized spacial score (nSPS) is 10.4. The molecule has 21 heavy (non-hydrogen) atoms. The van der Waals surface area contributed by atoms with E-state index in [1.807, 2.05) is 48.5 Å². The maximum Gasteiger partial charge on any atom is 0.251 e.